The van der Waals surface area contributed by atoms with Gasteiger partial charge in [0.15, 0.2) is 23.0 Å². The number of rotatable bonds is 3. The number of nitrogens with zero attached hydrogens (tertiary/aromatic N) is 3. The molecule has 0 radical (unpaired) electrons. The molecule has 3 heterocycles. The minimum atomic E-state index is -0.0761. The normalized spacial score (nSPS) is 16.9. The summed E-state index contributed by atoms with van der Waals surface area (Å²) in [7, 11) is 0. The summed E-state index contributed by atoms with van der Waals surface area (Å²) in [4.78, 5) is 15.4. The highest BCUT2D eigenvalue weighted by Gasteiger charge is 2.20. The van der Waals surface area contributed by atoms with E-state index >= 15 is 0 Å². The molecule has 0 saturated heterocycles. The van der Waals surface area contributed by atoms with Crippen molar-refractivity contribution in [1.82, 2.24) is 19.9 Å². The van der Waals surface area contributed by atoms with Crippen LogP contribution in [0.25, 0.3) is 11.2 Å². The quantitative estimate of drug-likeness (QED) is 0.759. The summed E-state index contributed by atoms with van der Waals surface area (Å²) in [6.45, 7) is 1.08. The van der Waals surface area contributed by atoms with Crippen molar-refractivity contribution in [3.05, 3.63) is 36.9 Å². The Morgan fingerprint density at radius 2 is 2.10 bits per heavy atom. The molecule has 4 rings (SSSR count). The van der Waals surface area contributed by atoms with Crippen LogP contribution in [0.1, 0.15) is 0 Å². The fourth-order valence-electron chi connectivity index (χ4n) is 2.27. The minimum absolute atomic E-state index is 0.0761. The lowest BCUT2D eigenvalue weighted by Crippen LogP contribution is -2.35. The number of para-hydroxylation sites is 2. The van der Waals surface area contributed by atoms with Gasteiger partial charge in [0.1, 0.15) is 24.6 Å². The van der Waals surface area contributed by atoms with Gasteiger partial charge in [0, 0.05) is 0 Å². The van der Waals surface area contributed by atoms with E-state index in [1.807, 2.05) is 24.3 Å². The largest absolute Gasteiger partial charge is 0.486 e. The Balaban J connectivity index is 1.47. The summed E-state index contributed by atoms with van der Waals surface area (Å²) in [6.07, 6.45) is 3.01. The number of ether oxygens (including phenoxy) is 2. The Labute approximate surface area is 120 Å². The van der Waals surface area contributed by atoms with Gasteiger partial charge in [-0.3, -0.25) is 0 Å². The van der Waals surface area contributed by atoms with E-state index in [1.54, 1.807) is 6.33 Å². The van der Waals surface area contributed by atoms with Gasteiger partial charge in [0.05, 0.1) is 12.9 Å². The monoisotopic (exact) mass is 283 g/mol. The van der Waals surface area contributed by atoms with Crippen LogP contribution in [-0.2, 0) is 0 Å². The van der Waals surface area contributed by atoms with Crippen LogP contribution in [0.15, 0.2) is 36.9 Å². The van der Waals surface area contributed by atoms with Crippen molar-refractivity contribution in [3.63, 3.8) is 0 Å². The molecule has 7 nitrogen and oxygen atoms in total. The van der Waals surface area contributed by atoms with E-state index in [0.717, 1.165) is 17.0 Å². The smallest absolute Gasteiger partial charge is 0.182 e. The van der Waals surface area contributed by atoms with Crippen molar-refractivity contribution in [2.24, 2.45) is 0 Å². The molecule has 0 bridgehead atoms. The summed E-state index contributed by atoms with van der Waals surface area (Å²) in [5.41, 5.74) is 1.42. The Morgan fingerprint density at radius 1 is 1.19 bits per heavy atom. The topological polar surface area (TPSA) is 85.0 Å². The van der Waals surface area contributed by atoms with Gasteiger partial charge in [-0.15, -0.1) is 0 Å². The molecule has 0 amide bonds. The van der Waals surface area contributed by atoms with E-state index in [9.17, 15) is 0 Å². The summed E-state index contributed by atoms with van der Waals surface area (Å²) in [6, 6.07) is 7.66. The number of imidazole rings is 1. The van der Waals surface area contributed by atoms with Crippen LogP contribution in [0.3, 0.4) is 0 Å². The highest BCUT2D eigenvalue weighted by molar-refractivity contribution is 5.81. The first-order valence-electron chi connectivity index (χ1n) is 6.66. The summed E-state index contributed by atoms with van der Waals surface area (Å²) in [5.74, 6) is 2.26. The number of aromatic nitrogens is 4. The summed E-state index contributed by atoms with van der Waals surface area (Å²) >= 11 is 0. The molecule has 7 heteroatoms. The summed E-state index contributed by atoms with van der Waals surface area (Å²) < 4.78 is 11.6. The lowest BCUT2D eigenvalue weighted by atomic mass is 10.2. The molecule has 1 atom stereocenters. The zero-order valence-corrected chi connectivity index (χ0v) is 11.1. The second-order valence-corrected chi connectivity index (χ2v) is 4.70. The molecule has 1 aliphatic rings. The lowest BCUT2D eigenvalue weighted by molar-refractivity contribution is 0.0997. The molecule has 0 aliphatic carbocycles. The van der Waals surface area contributed by atoms with Crippen LogP contribution in [-0.4, -0.2) is 39.2 Å². The zero-order chi connectivity index (χ0) is 14.1. The predicted molar refractivity (Wildman–Crippen MR) is 76.5 cm³/mol. The molecule has 0 unspecified atom stereocenters. The number of H-pyrrole nitrogens is 1. The van der Waals surface area contributed by atoms with Gasteiger partial charge in [-0.1, -0.05) is 12.1 Å². The zero-order valence-electron chi connectivity index (χ0n) is 11.1. The Hall–Kier alpha value is -2.83. The molecule has 1 aliphatic heterocycles. The number of benzene rings is 1. The van der Waals surface area contributed by atoms with Gasteiger partial charge < -0.3 is 19.8 Å². The number of aromatic amines is 1. The van der Waals surface area contributed by atoms with Crippen LogP contribution in [0, 0.1) is 0 Å². The molecule has 106 valence electrons. The van der Waals surface area contributed by atoms with Crippen LogP contribution >= 0.6 is 0 Å². The lowest BCUT2D eigenvalue weighted by Gasteiger charge is -2.26. The number of fused-ring (bicyclic) bond motifs is 2. The van der Waals surface area contributed by atoms with Gasteiger partial charge in [0.2, 0.25) is 0 Å². The van der Waals surface area contributed by atoms with Crippen molar-refractivity contribution in [1.29, 1.82) is 0 Å². The molecular formula is C14H13N5O2. The fraction of sp³-hybridized carbons (Fsp3) is 0.214. The first-order valence-corrected chi connectivity index (χ1v) is 6.66. The molecule has 3 aromatic rings. The number of hydrogen-bond donors (Lipinski definition) is 2. The second kappa shape index (κ2) is 4.93. The van der Waals surface area contributed by atoms with Crippen LogP contribution in [0.2, 0.25) is 0 Å². The first-order chi connectivity index (χ1) is 10.4. The van der Waals surface area contributed by atoms with Crippen LogP contribution in [0.4, 0.5) is 5.82 Å². The van der Waals surface area contributed by atoms with Crippen LogP contribution < -0.4 is 14.8 Å². The van der Waals surface area contributed by atoms with E-state index < -0.39 is 0 Å². The third-order valence-corrected chi connectivity index (χ3v) is 3.29. The Kier molecular flexibility index (Phi) is 2.81. The van der Waals surface area contributed by atoms with Gasteiger partial charge >= 0.3 is 0 Å². The number of anilines is 1. The minimum Gasteiger partial charge on any atom is -0.486 e. The number of hydrogen-bond acceptors (Lipinski definition) is 6. The van der Waals surface area contributed by atoms with E-state index in [4.69, 9.17) is 9.47 Å². The fourth-order valence-corrected chi connectivity index (χ4v) is 2.27. The standard InChI is InChI=1S/C14H13N5O2/c1-2-4-11-10(3-1)20-6-9(21-11)5-15-13-12-14(17-7-16-12)19-8-18-13/h1-4,7-9H,5-6H2,(H2,15,16,17,18,19)/t9-/m1/s1. The van der Waals surface area contributed by atoms with Crippen molar-refractivity contribution in [2.75, 3.05) is 18.5 Å². The van der Waals surface area contributed by atoms with Gasteiger partial charge in [-0.05, 0) is 12.1 Å². The summed E-state index contributed by atoms with van der Waals surface area (Å²) in [5, 5.41) is 3.25. The molecule has 21 heavy (non-hydrogen) atoms. The molecule has 2 N–H and O–H groups in total. The third kappa shape index (κ3) is 2.22. The molecule has 2 aromatic heterocycles. The molecular weight excluding hydrogens is 270 g/mol. The van der Waals surface area contributed by atoms with E-state index in [-0.39, 0.29) is 6.10 Å². The predicted octanol–water partition coefficient (Wildman–Crippen LogP) is 1.60. The highest BCUT2D eigenvalue weighted by Crippen LogP contribution is 2.30. The molecule has 0 fully saturated rings. The highest BCUT2D eigenvalue weighted by atomic mass is 16.6. The van der Waals surface area contributed by atoms with Crippen molar-refractivity contribution >= 4 is 17.0 Å². The van der Waals surface area contributed by atoms with E-state index in [2.05, 4.69) is 25.3 Å². The first kappa shape index (κ1) is 12.0. The third-order valence-electron chi connectivity index (χ3n) is 3.29. The maximum absolute atomic E-state index is 5.89. The molecule has 1 aromatic carbocycles. The molecule has 0 saturated carbocycles. The Bertz CT molecular complexity index is 773. The van der Waals surface area contributed by atoms with Gasteiger partial charge in [0.25, 0.3) is 0 Å². The van der Waals surface area contributed by atoms with Crippen LogP contribution in [0.5, 0.6) is 11.5 Å². The maximum Gasteiger partial charge on any atom is 0.182 e. The maximum atomic E-state index is 5.89. The average Bonchev–Trinajstić information content (AvgIpc) is 3.02. The van der Waals surface area contributed by atoms with E-state index in [0.29, 0.717) is 24.6 Å². The van der Waals surface area contributed by atoms with Crippen molar-refractivity contribution < 1.29 is 9.47 Å². The second-order valence-electron chi connectivity index (χ2n) is 4.70. The van der Waals surface area contributed by atoms with Gasteiger partial charge in [-0.25, -0.2) is 15.0 Å². The Morgan fingerprint density at radius 3 is 3.05 bits per heavy atom. The van der Waals surface area contributed by atoms with Crippen molar-refractivity contribution in [3.8, 4) is 11.5 Å². The number of nitrogens with one attached hydrogen (secondary N) is 2. The average molecular weight is 283 g/mol. The van der Waals surface area contributed by atoms with Gasteiger partial charge in [-0.2, -0.15) is 0 Å². The van der Waals surface area contributed by atoms with Crippen molar-refractivity contribution in [2.45, 2.75) is 6.10 Å². The van der Waals surface area contributed by atoms with E-state index in [1.165, 1.54) is 6.33 Å². The molecule has 0 spiro atoms. The SMILES string of the molecule is c1ccc2c(c1)OC[C@@H](CNc1ncnc3nc[nH]c13)O2.